The Morgan fingerprint density at radius 1 is 1.17 bits per heavy atom. The van der Waals surface area contributed by atoms with Gasteiger partial charge in [-0.2, -0.15) is 0 Å². The number of hydrogen-bond donors (Lipinski definition) is 1. The summed E-state index contributed by atoms with van der Waals surface area (Å²) in [5.41, 5.74) is 1.28. The zero-order valence-electron chi connectivity index (χ0n) is 12.6. The summed E-state index contributed by atoms with van der Waals surface area (Å²) in [5, 5.41) is 10.4. The molecule has 0 amide bonds. The van der Waals surface area contributed by atoms with Crippen LogP contribution in [0.25, 0.3) is 0 Å². The maximum Gasteiger partial charge on any atom is 0.131 e. The second kappa shape index (κ2) is 7.07. The first-order chi connectivity index (χ1) is 11.0. The first kappa shape index (κ1) is 16.6. The van der Waals surface area contributed by atoms with Crippen LogP contribution in [0.3, 0.4) is 0 Å². The summed E-state index contributed by atoms with van der Waals surface area (Å²) in [7, 11) is 0. The van der Waals surface area contributed by atoms with Crippen molar-refractivity contribution in [3.8, 4) is 0 Å². The van der Waals surface area contributed by atoms with Gasteiger partial charge >= 0.3 is 0 Å². The third-order valence-corrected chi connectivity index (χ3v) is 4.56. The smallest absolute Gasteiger partial charge is 0.131 e. The van der Waals surface area contributed by atoms with Gasteiger partial charge in [0.2, 0.25) is 0 Å². The Balaban J connectivity index is 1.72. The van der Waals surface area contributed by atoms with Crippen LogP contribution in [0.4, 0.5) is 8.78 Å². The van der Waals surface area contributed by atoms with E-state index in [1.807, 2.05) is 24.3 Å². The van der Waals surface area contributed by atoms with Gasteiger partial charge in [-0.15, -0.1) is 0 Å². The average Bonchev–Trinajstić information content (AvgIpc) is 3.31. The fraction of sp³-hybridized carbons (Fsp3) is 0.333. The largest absolute Gasteiger partial charge is 0.387 e. The topological polar surface area (TPSA) is 23.5 Å². The molecule has 0 aliphatic heterocycles. The summed E-state index contributed by atoms with van der Waals surface area (Å²) in [4.78, 5) is 2.16. The minimum absolute atomic E-state index is 0.145. The van der Waals surface area contributed by atoms with Crippen LogP contribution in [-0.2, 0) is 6.54 Å². The number of aliphatic hydroxyl groups excluding tert-OH is 1. The lowest BCUT2D eigenvalue weighted by atomic mass is 10.1. The highest BCUT2D eigenvalue weighted by molar-refractivity contribution is 9.10. The Hall–Kier alpha value is -1.30. The normalized spacial score (nSPS) is 15.9. The Morgan fingerprint density at radius 2 is 1.96 bits per heavy atom. The molecule has 23 heavy (non-hydrogen) atoms. The van der Waals surface area contributed by atoms with Crippen LogP contribution >= 0.6 is 15.9 Å². The molecule has 1 unspecified atom stereocenters. The minimum Gasteiger partial charge on any atom is -0.387 e. The van der Waals surface area contributed by atoms with Crippen molar-refractivity contribution in [1.82, 2.24) is 4.90 Å². The van der Waals surface area contributed by atoms with Gasteiger partial charge in [0.15, 0.2) is 0 Å². The van der Waals surface area contributed by atoms with Crippen molar-refractivity contribution in [1.29, 1.82) is 0 Å². The van der Waals surface area contributed by atoms with E-state index in [2.05, 4.69) is 20.8 Å². The van der Waals surface area contributed by atoms with Crippen molar-refractivity contribution in [3.63, 3.8) is 0 Å². The highest BCUT2D eigenvalue weighted by Crippen LogP contribution is 2.31. The van der Waals surface area contributed by atoms with Crippen LogP contribution in [0.5, 0.6) is 0 Å². The van der Waals surface area contributed by atoms with Gasteiger partial charge in [0, 0.05) is 35.2 Å². The SMILES string of the molecule is OC(CN(Cc1cccc(Br)c1)C1CC1)c1ccc(F)cc1F. The van der Waals surface area contributed by atoms with Crippen LogP contribution < -0.4 is 0 Å². The van der Waals surface area contributed by atoms with Gasteiger partial charge in [-0.05, 0) is 36.6 Å². The van der Waals surface area contributed by atoms with E-state index >= 15 is 0 Å². The monoisotopic (exact) mass is 381 g/mol. The van der Waals surface area contributed by atoms with Crippen LogP contribution in [0.2, 0.25) is 0 Å². The van der Waals surface area contributed by atoms with E-state index in [-0.39, 0.29) is 5.56 Å². The van der Waals surface area contributed by atoms with Gasteiger partial charge in [-0.25, -0.2) is 8.78 Å². The number of nitrogens with zero attached hydrogens (tertiary/aromatic N) is 1. The highest BCUT2D eigenvalue weighted by atomic mass is 79.9. The average molecular weight is 382 g/mol. The van der Waals surface area contributed by atoms with Crippen molar-refractivity contribution in [2.24, 2.45) is 0 Å². The summed E-state index contributed by atoms with van der Waals surface area (Å²) in [6.07, 6.45) is 1.21. The summed E-state index contributed by atoms with van der Waals surface area (Å²) >= 11 is 3.46. The maximum absolute atomic E-state index is 13.8. The number of rotatable bonds is 6. The second-order valence-corrected chi connectivity index (χ2v) is 6.89. The molecule has 0 radical (unpaired) electrons. The third-order valence-electron chi connectivity index (χ3n) is 4.07. The number of halogens is 3. The van der Waals surface area contributed by atoms with Crippen molar-refractivity contribution >= 4 is 15.9 Å². The molecule has 1 aliphatic carbocycles. The third kappa shape index (κ3) is 4.37. The van der Waals surface area contributed by atoms with E-state index in [1.165, 1.54) is 12.1 Å². The van der Waals surface area contributed by atoms with Gasteiger partial charge in [0.05, 0.1) is 6.10 Å². The lowest BCUT2D eigenvalue weighted by Crippen LogP contribution is -2.30. The quantitative estimate of drug-likeness (QED) is 0.799. The summed E-state index contributed by atoms with van der Waals surface area (Å²) < 4.78 is 27.8. The lowest BCUT2D eigenvalue weighted by Gasteiger charge is -2.25. The van der Waals surface area contributed by atoms with Gasteiger partial charge < -0.3 is 5.11 Å². The van der Waals surface area contributed by atoms with Gasteiger partial charge in [0.1, 0.15) is 11.6 Å². The molecule has 1 fully saturated rings. The van der Waals surface area contributed by atoms with Gasteiger partial charge in [0.25, 0.3) is 0 Å². The van der Waals surface area contributed by atoms with Crippen LogP contribution in [0, 0.1) is 11.6 Å². The van der Waals surface area contributed by atoms with Crippen molar-refractivity contribution in [3.05, 3.63) is 69.7 Å². The first-order valence-electron chi connectivity index (χ1n) is 7.64. The Morgan fingerprint density at radius 3 is 2.61 bits per heavy atom. The molecule has 5 heteroatoms. The van der Waals surface area contributed by atoms with Crippen LogP contribution in [0.15, 0.2) is 46.9 Å². The lowest BCUT2D eigenvalue weighted by molar-refractivity contribution is 0.101. The van der Waals surface area contributed by atoms with E-state index in [1.54, 1.807) is 0 Å². The number of aliphatic hydroxyl groups is 1. The van der Waals surface area contributed by atoms with E-state index in [0.29, 0.717) is 19.1 Å². The zero-order valence-corrected chi connectivity index (χ0v) is 14.1. The van der Waals surface area contributed by atoms with Crippen LogP contribution in [-0.4, -0.2) is 22.6 Å². The number of hydrogen-bond acceptors (Lipinski definition) is 2. The summed E-state index contributed by atoms with van der Waals surface area (Å²) in [6.45, 7) is 1.03. The molecule has 2 nitrogen and oxygen atoms in total. The maximum atomic E-state index is 13.8. The standard InChI is InChI=1S/C18H18BrF2NO/c19-13-3-1-2-12(8-13)10-22(15-5-6-15)11-18(23)16-7-4-14(20)9-17(16)21/h1-4,7-9,15,18,23H,5-6,10-11H2. The van der Waals surface area contributed by atoms with Crippen LogP contribution in [0.1, 0.15) is 30.1 Å². The number of benzene rings is 2. The molecule has 0 spiro atoms. The molecular weight excluding hydrogens is 364 g/mol. The van der Waals surface area contributed by atoms with E-state index in [9.17, 15) is 13.9 Å². The van der Waals surface area contributed by atoms with E-state index < -0.39 is 17.7 Å². The van der Waals surface area contributed by atoms with Crippen molar-refractivity contribution in [2.45, 2.75) is 31.5 Å². The Bertz CT molecular complexity index is 690. The Labute approximate surface area is 142 Å². The second-order valence-electron chi connectivity index (χ2n) is 5.97. The van der Waals surface area contributed by atoms with Crippen molar-refractivity contribution in [2.75, 3.05) is 6.54 Å². The zero-order chi connectivity index (χ0) is 16.4. The van der Waals surface area contributed by atoms with Gasteiger partial charge in [-0.3, -0.25) is 4.90 Å². The molecule has 2 aromatic rings. The highest BCUT2D eigenvalue weighted by Gasteiger charge is 2.31. The predicted molar refractivity (Wildman–Crippen MR) is 88.9 cm³/mol. The molecule has 1 atom stereocenters. The van der Waals surface area contributed by atoms with Gasteiger partial charge in [-0.1, -0.05) is 34.1 Å². The molecule has 1 saturated carbocycles. The fourth-order valence-electron chi connectivity index (χ4n) is 2.74. The molecule has 2 aromatic carbocycles. The van der Waals surface area contributed by atoms with E-state index in [0.717, 1.165) is 28.9 Å². The molecule has 0 heterocycles. The molecule has 0 saturated heterocycles. The molecule has 0 bridgehead atoms. The molecule has 122 valence electrons. The van der Waals surface area contributed by atoms with Crippen molar-refractivity contribution < 1.29 is 13.9 Å². The summed E-state index contributed by atoms with van der Waals surface area (Å²) in [5.74, 6) is -1.33. The summed E-state index contributed by atoms with van der Waals surface area (Å²) in [6, 6.07) is 11.7. The molecular formula is C18H18BrF2NO. The molecule has 1 N–H and O–H groups in total. The first-order valence-corrected chi connectivity index (χ1v) is 8.44. The molecule has 3 rings (SSSR count). The predicted octanol–water partition coefficient (Wildman–Crippen LogP) is 4.43. The Kier molecular flexibility index (Phi) is 5.09. The molecule has 0 aromatic heterocycles. The fourth-order valence-corrected chi connectivity index (χ4v) is 3.19. The van der Waals surface area contributed by atoms with E-state index in [4.69, 9.17) is 0 Å². The minimum atomic E-state index is -0.969. The molecule has 1 aliphatic rings.